The summed E-state index contributed by atoms with van der Waals surface area (Å²) in [7, 11) is 0. The maximum atomic E-state index is 12.3. The molecule has 1 aromatic heterocycles. The second-order valence-electron chi connectivity index (χ2n) is 7.14. The van der Waals surface area contributed by atoms with E-state index < -0.39 is 0 Å². The molecule has 25 heavy (non-hydrogen) atoms. The Morgan fingerprint density at radius 1 is 1.20 bits per heavy atom. The zero-order chi connectivity index (χ0) is 17.6. The third kappa shape index (κ3) is 4.96. The van der Waals surface area contributed by atoms with Gasteiger partial charge in [0, 0.05) is 38.7 Å². The highest BCUT2D eigenvalue weighted by Gasteiger charge is 2.25. The number of amides is 3. The Morgan fingerprint density at radius 2 is 1.88 bits per heavy atom. The number of aryl methyl sites for hydroxylation is 1. The lowest BCUT2D eigenvalue weighted by Crippen LogP contribution is -2.53. The Balaban J connectivity index is 1.35. The van der Waals surface area contributed by atoms with E-state index in [0.717, 1.165) is 18.1 Å². The highest BCUT2D eigenvalue weighted by molar-refractivity contribution is 5.77. The van der Waals surface area contributed by atoms with Crippen molar-refractivity contribution in [1.29, 1.82) is 0 Å². The van der Waals surface area contributed by atoms with E-state index in [1.54, 1.807) is 11.0 Å². The number of hydrogen-bond donors (Lipinski definition) is 1. The number of rotatable bonds is 5. The van der Waals surface area contributed by atoms with Gasteiger partial charge >= 0.3 is 6.03 Å². The number of carbonyl (C=O) groups excluding carboxylic acids is 2. The molecule has 138 valence electrons. The quantitative estimate of drug-likeness (QED) is 0.886. The van der Waals surface area contributed by atoms with Gasteiger partial charge in [-0.25, -0.2) is 4.79 Å². The van der Waals surface area contributed by atoms with Crippen LogP contribution in [0.1, 0.15) is 50.0 Å². The smallest absolute Gasteiger partial charge is 0.317 e. The van der Waals surface area contributed by atoms with E-state index >= 15 is 0 Å². The number of piperazine rings is 1. The second-order valence-corrected chi connectivity index (χ2v) is 7.14. The molecule has 1 aliphatic heterocycles. The molecular weight excluding hydrogens is 320 g/mol. The molecule has 1 aliphatic carbocycles. The number of nitrogens with one attached hydrogen (secondary N) is 1. The lowest BCUT2D eigenvalue weighted by molar-refractivity contribution is -0.132. The standard InChI is InChI=1S/C18H28N4O3/c1-14-12-16(20-25-14)13-19-18(24)22-10-8-21(9-11-22)17(23)7-6-15-4-2-3-5-15/h12,15H,2-11,13H2,1H3,(H,19,24). The number of hydrogen-bond acceptors (Lipinski definition) is 4. The van der Waals surface area contributed by atoms with E-state index in [9.17, 15) is 9.59 Å². The van der Waals surface area contributed by atoms with Crippen LogP contribution in [0.15, 0.2) is 10.6 Å². The molecule has 0 atom stereocenters. The maximum absolute atomic E-state index is 12.3. The zero-order valence-electron chi connectivity index (χ0n) is 15.0. The van der Waals surface area contributed by atoms with E-state index in [-0.39, 0.29) is 11.9 Å². The molecule has 0 bridgehead atoms. The van der Waals surface area contributed by atoms with Gasteiger partial charge in [0.25, 0.3) is 0 Å². The van der Waals surface area contributed by atoms with Crippen molar-refractivity contribution in [3.05, 3.63) is 17.5 Å². The van der Waals surface area contributed by atoms with Gasteiger partial charge in [0.15, 0.2) is 0 Å². The fourth-order valence-corrected chi connectivity index (χ4v) is 3.72. The minimum Gasteiger partial charge on any atom is -0.361 e. The molecule has 1 aromatic rings. The van der Waals surface area contributed by atoms with E-state index in [4.69, 9.17) is 4.52 Å². The molecule has 1 saturated carbocycles. The van der Waals surface area contributed by atoms with Gasteiger partial charge in [-0.3, -0.25) is 4.79 Å². The molecule has 3 amide bonds. The van der Waals surface area contributed by atoms with Gasteiger partial charge in [0.1, 0.15) is 11.5 Å². The minimum atomic E-state index is -0.112. The van der Waals surface area contributed by atoms with Crippen molar-refractivity contribution in [3.8, 4) is 0 Å². The van der Waals surface area contributed by atoms with Gasteiger partial charge in [-0.05, 0) is 19.3 Å². The Labute approximate surface area is 148 Å². The molecule has 0 aromatic carbocycles. The van der Waals surface area contributed by atoms with Crippen LogP contribution in [0, 0.1) is 12.8 Å². The first kappa shape index (κ1) is 17.8. The summed E-state index contributed by atoms with van der Waals surface area (Å²) >= 11 is 0. The summed E-state index contributed by atoms with van der Waals surface area (Å²) in [4.78, 5) is 28.2. The van der Waals surface area contributed by atoms with Crippen molar-refractivity contribution in [3.63, 3.8) is 0 Å². The predicted octanol–water partition coefficient (Wildman–Crippen LogP) is 2.31. The van der Waals surface area contributed by atoms with Gasteiger partial charge in [-0.15, -0.1) is 0 Å². The highest BCUT2D eigenvalue weighted by Crippen LogP contribution is 2.28. The molecule has 0 spiro atoms. The monoisotopic (exact) mass is 348 g/mol. The Kier molecular flexibility index (Phi) is 5.94. The number of aromatic nitrogens is 1. The van der Waals surface area contributed by atoms with Crippen LogP contribution in [0.5, 0.6) is 0 Å². The molecule has 3 rings (SSSR count). The molecule has 0 radical (unpaired) electrons. The van der Waals surface area contributed by atoms with E-state index in [1.165, 1.54) is 25.7 Å². The van der Waals surface area contributed by atoms with Gasteiger partial charge in [0.05, 0.1) is 6.54 Å². The first-order chi connectivity index (χ1) is 12.1. The van der Waals surface area contributed by atoms with Gasteiger partial charge < -0.3 is 19.6 Å². The summed E-state index contributed by atoms with van der Waals surface area (Å²) in [5, 5.41) is 6.71. The first-order valence-corrected chi connectivity index (χ1v) is 9.34. The summed E-state index contributed by atoms with van der Waals surface area (Å²) in [6.07, 6.45) is 6.89. The van der Waals surface area contributed by atoms with E-state index in [1.807, 2.05) is 11.8 Å². The largest absolute Gasteiger partial charge is 0.361 e. The van der Waals surface area contributed by atoms with Crippen LogP contribution in [0.3, 0.4) is 0 Å². The van der Waals surface area contributed by atoms with Gasteiger partial charge in [-0.1, -0.05) is 30.8 Å². The molecule has 0 unspecified atom stereocenters. The molecular formula is C18H28N4O3. The zero-order valence-corrected chi connectivity index (χ0v) is 15.0. The Bertz CT molecular complexity index is 587. The lowest BCUT2D eigenvalue weighted by Gasteiger charge is -2.35. The van der Waals surface area contributed by atoms with Crippen molar-refractivity contribution >= 4 is 11.9 Å². The number of carbonyl (C=O) groups is 2. The molecule has 2 fully saturated rings. The maximum Gasteiger partial charge on any atom is 0.317 e. The van der Waals surface area contributed by atoms with Crippen molar-refractivity contribution < 1.29 is 14.1 Å². The van der Waals surface area contributed by atoms with Crippen molar-refractivity contribution in [2.45, 2.75) is 52.0 Å². The Morgan fingerprint density at radius 3 is 2.52 bits per heavy atom. The minimum absolute atomic E-state index is 0.112. The molecule has 1 saturated heterocycles. The fourth-order valence-electron chi connectivity index (χ4n) is 3.72. The summed E-state index contributed by atoms with van der Waals surface area (Å²) < 4.78 is 4.98. The normalized spacial score (nSPS) is 18.6. The van der Waals surface area contributed by atoms with E-state index in [2.05, 4.69) is 10.5 Å². The van der Waals surface area contributed by atoms with Crippen LogP contribution in [0.4, 0.5) is 4.79 Å². The topological polar surface area (TPSA) is 78.7 Å². The summed E-state index contributed by atoms with van der Waals surface area (Å²) in [5.74, 6) is 1.72. The molecule has 1 N–H and O–H groups in total. The molecule has 2 heterocycles. The molecule has 2 aliphatic rings. The van der Waals surface area contributed by atoms with Crippen LogP contribution in [-0.4, -0.2) is 53.1 Å². The van der Waals surface area contributed by atoms with Crippen molar-refractivity contribution in [1.82, 2.24) is 20.3 Å². The van der Waals surface area contributed by atoms with E-state index in [0.29, 0.717) is 44.8 Å². The van der Waals surface area contributed by atoms with Crippen molar-refractivity contribution in [2.24, 2.45) is 5.92 Å². The van der Waals surface area contributed by atoms with Gasteiger partial charge in [0.2, 0.25) is 5.91 Å². The predicted molar refractivity (Wildman–Crippen MR) is 92.8 cm³/mol. The van der Waals surface area contributed by atoms with Crippen LogP contribution >= 0.6 is 0 Å². The second kappa shape index (κ2) is 8.36. The molecule has 7 nitrogen and oxygen atoms in total. The van der Waals surface area contributed by atoms with Crippen molar-refractivity contribution in [2.75, 3.05) is 26.2 Å². The van der Waals surface area contributed by atoms with Crippen LogP contribution in [0.2, 0.25) is 0 Å². The average molecular weight is 348 g/mol. The average Bonchev–Trinajstić information content (AvgIpc) is 3.29. The molecule has 7 heteroatoms. The fraction of sp³-hybridized carbons (Fsp3) is 0.722. The number of nitrogens with zero attached hydrogens (tertiary/aromatic N) is 3. The van der Waals surface area contributed by atoms with Crippen LogP contribution in [0.25, 0.3) is 0 Å². The third-order valence-corrected chi connectivity index (χ3v) is 5.26. The number of urea groups is 1. The first-order valence-electron chi connectivity index (χ1n) is 9.34. The van der Waals surface area contributed by atoms with Gasteiger partial charge in [-0.2, -0.15) is 0 Å². The summed E-state index contributed by atoms with van der Waals surface area (Å²) in [6.45, 7) is 4.59. The summed E-state index contributed by atoms with van der Waals surface area (Å²) in [5.41, 5.74) is 0.714. The van der Waals surface area contributed by atoms with Crippen LogP contribution in [-0.2, 0) is 11.3 Å². The third-order valence-electron chi connectivity index (χ3n) is 5.26. The summed E-state index contributed by atoms with van der Waals surface area (Å²) in [6, 6.07) is 1.69. The lowest BCUT2D eigenvalue weighted by atomic mass is 10.0. The SMILES string of the molecule is Cc1cc(CNC(=O)N2CCN(C(=O)CCC3CCCC3)CC2)no1. The highest BCUT2D eigenvalue weighted by atomic mass is 16.5. The van der Waals surface area contributed by atoms with Crippen LogP contribution < -0.4 is 5.32 Å². The Hall–Kier alpha value is -2.05.